The van der Waals surface area contributed by atoms with Crippen LogP contribution in [0.4, 0.5) is 0 Å². The number of carbonyl (C=O) groups is 1. The first kappa shape index (κ1) is 11.3. The second-order valence-electron chi connectivity index (χ2n) is 3.46. The smallest absolute Gasteiger partial charge is 0.276 e. The third-order valence-corrected chi connectivity index (χ3v) is 3.38. The van der Waals surface area contributed by atoms with Gasteiger partial charge in [0.25, 0.3) is 5.91 Å². The van der Waals surface area contributed by atoms with E-state index in [9.17, 15) is 4.79 Å². The first-order valence-corrected chi connectivity index (χ1v) is 6.39. The number of nitrogens with zero attached hydrogens (tertiary/aromatic N) is 1. The van der Waals surface area contributed by atoms with Crippen LogP contribution in [0.1, 0.15) is 18.2 Å². The number of nitrogens with one attached hydrogen (secondary N) is 1. The van der Waals surface area contributed by atoms with Gasteiger partial charge in [-0.25, -0.2) is 0 Å². The highest BCUT2D eigenvalue weighted by Gasteiger charge is 2.29. The molecule has 2 heterocycles. The fourth-order valence-electron chi connectivity index (χ4n) is 1.51. The van der Waals surface area contributed by atoms with Gasteiger partial charge in [-0.3, -0.25) is 9.69 Å². The van der Waals surface area contributed by atoms with Crippen molar-refractivity contribution in [2.24, 2.45) is 0 Å². The molecule has 1 saturated heterocycles. The Kier molecular flexibility index (Phi) is 3.36. The zero-order chi connectivity index (χ0) is 11.5. The summed E-state index contributed by atoms with van der Waals surface area (Å²) in [5.74, 6) is -0.0275. The van der Waals surface area contributed by atoms with Gasteiger partial charge in [0, 0.05) is 11.4 Å². The molecule has 0 atom stereocenters. The fraction of sp³-hybridized carbons (Fsp3) is 0.273. The third-order valence-electron chi connectivity index (χ3n) is 2.24. The normalized spacial score (nSPS) is 18.3. The van der Waals surface area contributed by atoms with Gasteiger partial charge in [-0.2, -0.15) is 0 Å². The molecule has 0 aromatic carbocycles. The molecule has 1 aliphatic heterocycles. The van der Waals surface area contributed by atoms with Crippen LogP contribution in [-0.2, 0) is 4.79 Å². The monoisotopic (exact) mass is 252 g/mol. The maximum absolute atomic E-state index is 11.9. The summed E-state index contributed by atoms with van der Waals surface area (Å²) in [4.78, 5) is 14.6. The number of carbonyl (C=O) groups excluding carboxylic acids is 1. The number of thiophene rings is 1. The Morgan fingerprint density at radius 2 is 2.44 bits per heavy atom. The molecule has 84 valence electrons. The van der Waals surface area contributed by atoms with E-state index in [0.717, 1.165) is 11.3 Å². The first-order valence-electron chi connectivity index (χ1n) is 5.10. The summed E-state index contributed by atoms with van der Waals surface area (Å²) >= 11 is 6.71. The summed E-state index contributed by atoms with van der Waals surface area (Å²) < 4.78 is 0. The Morgan fingerprint density at radius 3 is 3.06 bits per heavy atom. The van der Waals surface area contributed by atoms with E-state index in [1.807, 2.05) is 30.5 Å². The molecule has 3 nitrogen and oxygen atoms in total. The topological polar surface area (TPSA) is 32.3 Å². The minimum atomic E-state index is -0.0275. The first-order chi connectivity index (χ1) is 7.72. The Hall–Kier alpha value is -1.20. The fourth-order valence-corrected chi connectivity index (χ4v) is 2.46. The van der Waals surface area contributed by atoms with Gasteiger partial charge in [0.15, 0.2) is 5.11 Å². The van der Waals surface area contributed by atoms with Crippen LogP contribution in [0.5, 0.6) is 0 Å². The lowest BCUT2D eigenvalue weighted by molar-refractivity contribution is -0.122. The van der Waals surface area contributed by atoms with Crippen molar-refractivity contribution in [1.82, 2.24) is 10.2 Å². The van der Waals surface area contributed by atoms with E-state index in [4.69, 9.17) is 12.2 Å². The number of hydrogen-bond acceptors (Lipinski definition) is 3. The predicted molar refractivity (Wildman–Crippen MR) is 70.0 cm³/mol. The minimum Gasteiger partial charge on any atom is -0.328 e. The molecule has 0 aliphatic carbocycles. The Morgan fingerprint density at radius 1 is 1.62 bits per heavy atom. The van der Waals surface area contributed by atoms with Crippen molar-refractivity contribution >= 4 is 40.7 Å². The third kappa shape index (κ3) is 2.15. The van der Waals surface area contributed by atoms with E-state index in [2.05, 4.69) is 5.32 Å². The summed E-state index contributed by atoms with van der Waals surface area (Å²) in [6, 6.07) is 3.93. The van der Waals surface area contributed by atoms with E-state index >= 15 is 0 Å². The van der Waals surface area contributed by atoms with Gasteiger partial charge in [-0.05, 0) is 36.2 Å². The second-order valence-corrected chi connectivity index (χ2v) is 4.83. The molecule has 0 saturated carbocycles. The number of amides is 1. The zero-order valence-electron chi connectivity index (χ0n) is 8.90. The van der Waals surface area contributed by atoms with E-state index in [1.165, 1.54) is 0 Å². The van der Waals surface area contributed by atoms with Crippen LogP contribution in [0.3, 0.4) is 0 Å². The summed E-state index contributed by atoms with van der Waals surface area (Å²) in [5.41, 5.74) is 0.570. The predicted octanol–water partition coefficient (Wildman–Crippen LogP) is 2.22. The van der Waals surface area contributed by atoms with Crippen LogP contribution >= 0.6 is 23.6 Å². The summed E-state index contributed by atoms with van der Waals surface area (Å²) in [5, 5.41) is 5.44. The molecule has 1 aliphatic rings. The average Bonchev–Trinajstić information content (AvgIpc) is 2.84. The van der Waals surface area contributed by atoms with Crippen LogP contribution in [-0.4, -0.2) is 22.5 Å². The average molecular weight is 252 g/mol. The molecule has 1 amide bonds. The van der Waals surface area contributed by atoms with Gasteiger partial charge in [0.05, 0.1) is 0 Å². The molecule has 16 heavy (non-hydrogen) atoms. The summed E-state index contributed by atoms with van der Waals surface area (Å²) in [6.45, 7) is 2.70. The van der Waals surface area contributed by atoms with Gasteiger partial charge in [0.1, 0.15) is 5.70 Å². The maximum atomic E-state index is 11.9. The molecule has 0 radical (unpaired) electrons. The molecule has 0 bridgehead atoms. The van der Waals surface area contributed by atoms with Crippen molar-refractivity contribution in [1.29, 1.82) is 0 Å². The van der Waals surface area contributed by atoms with Crippen LogP contribution in [0.25, 0.3) is 6.08 Å². The van der Waals surface area contributed by atoms with E-state index in [1.54, 1.807) is 16.2 Å². The van der Waals surface area contributed by atoms with Crippen molar-refractivity contribution in [3.05, 3.63) is 28.1 Å². The molecule has 1 N–H and O–H groups in total. The van der Waals surface area contributed by atoms with Crippen LogP contribution < -0.4 is 5.32 Å². The summed E-state index contributed by atoms with van der Waals surface area (Å²) in [6.07, 6.45) is 2.74. The lowest BCUT2D eigenvalue weighted by Gasteiger charge is -2.11. The van der Waals surface area contributed by atoms with Gasteiger partial charge in [0.2, 0.25) is 0 Å². The van der Waals surface area contributed by atoms with Crippen molar-refractivity contribution in [2.75, 3.05) is 6.54 Å². The summed E-state index contributed by atoms with van der Waals surface area (Å²) in [7, 11) is 0. The van der Waals surface area contributed by atoms with Gasteiger partial charge in [-0.15, -0.1) is 11.3 Å². The van der Waals surface area contributed by atoms with Gasteiger partial charge < -0.3 is 5.32 Å². The second kappa shape index (κ2) is 4.76. The number of thiocarbonyl (C=S) groups is 1. The van der Waals surface area contributed by atoms with Crippen LogP contribution in [0.15, 0.2) is 23.2 Å². The molecule has 1 fully saturated rings. The van der Waals surface area contributed by atoms with E-state index in [0.29, 0.717) is 17.4 Å². The molecule has 0 spiro atoms. The quantitative estimate of drug-likeness (QED) is 0.661. The highest BCUT2D eigenvalue weighted by molar-refractivity contribution is 7.80. The minimum absolute atomic E-state index is 0.0275. The molecular formula is C11H12N2OS2. The molecule has 1 aromatic rings. The van der Waals surface area contributed by atoms with Crippen LogP contribution in [0.2, 0.25) is 0 Å². The number of rotatable bonds is 3. The standard InChI is InChI=1S/C11H12N2OS2/c1-2-5-13-10(14)9(12-11(13)15)7-8-4-3-6-16-8/h3-4,6-7H,2,5H2,1H3,(H,12,15)/b9-7-. The SMILES string of the molecule is CCCN1C(=O)/C(=C/c2cccs2)NC1=S. The lowest BCUT2D eigenvalue weighted by Crippen LogP contribution is -2.31. The van der Waals surface area contributed by atoms with Crippen molar-refractivity contribution in [3.63, 3.8) is 0 Å². The molecule has 0 unspecified atom stereocenters. The zero-order valence-corrected chi connectivity index (χ0v) is 10.5. The highest BCUT2D eigenvalue weighted by atomic mass is 32.1. The molecular weight excluding hydrogens is 240 g/mol. The molecule has 5 heteroatoms. The lowest BCUT2D eigenvalue weighted by atomic mass is 10.3. The van der Waals surface area contributed by atoms with Crippen molar-refractivity contribution < 1.29 is 4.79 Å². The molecule has 1 aromatic heterocycles. The Labute approximate surface area is 104 Å². The van der Waals surface area contributed by atoms with Crippen LogP contribution in [0, 0.1) is 0 Å². The Balaban J connectivity index is 2.20. The molecule has 2 rings (SSSR count). The number of hydrogen-bond donors (Lipinski definition) is 1. The van der Waals surface area contributed by atoms with Gasteiger partial charge >= 0.3 is 0 Å². The van der Waals surface area contributed by atoms with E-state index in [-0.39, 0.29) is 5.91 Å². The highest BCUT2D eigenvalue weighted by Crippen LogP contribution is 2.17. The largest absolute Gasteiger partial charge is 0.328 e. The maximum Gasteiger partial charge on any atom is 0.276 e. The van der Waals surface area contributed by atoms with Gasteiger partial charge in [-0.1, -0.05) is 13.0 Å². The van der Waals surface area contributed by atoms with Crippen molar-refractivity contribution in [2.45, 2.75) is 13.3 Å². The van der Waals surface area contributed by atoms with E-state index < -0.39 is 0 Å². The Bertz CT molecular complexity index is 437. The van der Waals surface area contributed by atoms with Crippen molar-refractivity contribution in [3.8, 4) is 0 Å².